The Balaban J connectivity index is 2.07. The molecule has 0 radical (unpaired) electrons. The van der Waals surface area contributed by atoms with Crippen molar-refractivity contribution in [1.82, 2.24) is 0 Å². The molecule has 1 aromatic rings. The minimum absolute atomic E-state index is 0.123. The molecule has 0 aromatic heterocycles. The molecule has 0 bridgehead atoms. The molecule has 3 atom stereocenters. The number of benzene rings is 1. The van der Waals surface area contributed by atoms with Gasteiger partial charge in [-0.2, -0.15) is 0 Å². The molecule has 1 aromatic carbocycles. The summed E-state index contributed by atoms with van der Waals surface area (Å²) in [5.74, 6) is -1.23. The summed E-state index contributed by atoms with van der Waals surface area (Å²) in [5, 5.41) is 2.89. The number of esters is 1. The van der Waals surface area contributed by atoms with Gasteiger partial charge in [0.15, 0.2) is 0 Å². The van der Waals surface area contributed by atoms with Gasteiger partial charge in [-0.25, -0.2) is 0 Å². The average Bonchev–Trinajstić information content (AvgIpc) is 2.54. The van der Waals surface area contributed by atoms with Crippen molar-refractivity contribution >= 4 is 33.5 Å². The Morgan fingerprint density at radius 3 is 2.65 bits per heavy atom. The lowest BCUT2D eigenvalue weighted by molar-refractivity contribution is -0.157. The zero-order valence-electron chi connectivity index (χ0n) is 13.4. The molecule has 1 aliphatic carbocycles. The van der Waals surface area contributed by atoms with Crippen LogP contribution in [0, 0.1) is 11.8 Å². The fourth-order valence-electron chi connectivity index (χ4n) is 2.53. The van der Waals surface area contributed by atoms with Gasteiger partial charge in [-0.1, -0.05) is 41.1 Å². The van der Waals surface area contributed by atoms with Gasteiger partial charge in [0.1, 0.15) is 0 Å². The molecule has 23 heavy (non-hydrogen) atoms. The van der Waals surface area contributed by atoms with Crippen LogP contribution in [0.2, 0.25) is 0 Å². The Morgan fingerprint density at radius 1 is 1.30 bits per heavy atom. The molecule has 4 nitrogen and oxygen atoms in total. The Labute approximate surface area is 145 Å². The van der Waals surface area contributed by atoms with Crippen molar-refractivity contribution in [2.24, 2.45) is 11.8 Å². The van der Waals surface area contributed by atoms with Gasteiger partial charge in [-0.3, -0.25) is 9.59 Å². The smallest absolute Gasteiger partial charge is 0.310 e. The highest BCUT2D eigenvalue weighted by molar-refractivity contribution is 9.10. The predicted molar refractivity (Wildman–Crippen MR) is 94.0 cm³/mol. The molecule has 1 aliphatic rings. The van der Waals surface area contributed by atoms with Crippen LogP contribution in [0.4, 0.5) is 5.69 Å². The number of anilines is 1. The molecule has 2 rings (SSSR count). The maximum Gasteiger partial charge on any atom is 0.310 e. The number of halogens is 1. The number of hydrogen-bond donors (Lipinski definition) is 1. The van der Waals surface area contributed by atoms with E-state index in [1.165, 1.54) is 0 Å². The van der Waals surface area contributed by atoms with Gasteiger partial charge in [0.2, 0.25) is 5.91 Å². The third-order valence-corrected chi connectivity index (χ3v) is 4.55. The first-order chi connectivity index (χ1) is 11.0. The maximum absolute atomic E-state index is 12.6. The second kappa shape index (κ2) is 8.29. The summed E-state index contributed by atoms with van der Waals surface area (Å²) < 4.78 is 6.32. The van der Waals surface area contributed by atoms with E-state index < -0.39 is 11.8 Å². The van der Waals surface area contributed by atoms with E-state index in [2.05, 4.69) is 21.2 Å². The van der Waals surface area contributed by atoms with Crippen molar-refractivity contribution in [2.75, 3.05) is 5.32 Å². The molecule has 5 heteroatoms. The van der Waals surface area contributed by atoms with Crippen LogP contribution in [-0.2, 0) is 14.3 Å². The van der Waals surface area contributed by atoms with Gasteiger partial charge in [0.05, 0.1) is 17.9 Å². The lowest BCUT2D eigenvalue weighted by Crippen LogP contribution is -2.36. The first kappa shape index (κ1) is 17.7. The number of carbonyl (C=O) groups excluding carboxylic acids is 2. The predicted octanol–water partition coefficient (Wildman–Crippen LogP) is 4.31. The highest BCUT2D eigenvalue weighted by Gasteiger charge is 2.35. The molecule has 0 aliphatic heterocycles. The molecule has 1 N–H and O–H groups in total. The summed E-state index contributed by atoms with van der Waals surface area (Å²) in [6, 6.07) is 7.41. The van der Waals surface area contributed by atoms with Crippen molar-refractivity contribution in [3.8, 4) is 0 Å². The lowest BCUT2D eigenvalue weighted by atomic mass is 9.82. The standard InChI is InChI=1S/C18H22BrNO3/c1-3-12(2)23-18(22)16-10-5-4-9-15(16)17(21)20-14-8-6-7-13(19)11-14/h4-8,11-12,15-16H,3,9-10H2,1-2H3,(H,20,21). The van der Waals surface area contributed by atoms with Crippen LogP contribution >= 0.6 is 15.9 Å². The topological polar surface area (TPSA) is 55.4 Å². The van der Waals surface area contributed by atoms with Crippen LogP contribution in [0.3, 0.4) is 0 Å². The molecule has 0 spiro atoms. The SMILES string of the molecule is CCC(C)OC(=O)C1CC=CCC1C(=O)Nc1cccc(Br)c1. The zero-order valence-corrected chi connectivity index (χ0v) is 15.0. The van der Waals surface area contributed by atoms with Gasteiger partial charge < -0.3 is 10.1 Å². The number of allylic oxidation sites excluding steroid dienone is 2. The van der Waals surface area contributed by atoms with Crippen LogP contribution in [-0.4, -0.2) is 18.0 Å². The number of rotatable bonds is 5. The van der Waals surface area contributed by atoms with Gasteiger partial charge in [0.25, 0.3) is 0 Å². The highest BCUT2D eigenvalue weighted by Crippen LogP contribution is 2.29. The summed E-state index contributed by atoms with van der Waals surface area (Å²) in [6.07, 6.45) is 5.65. The first-order valence-electron chi connectivity index (χ1n) is 7.93. The molecule has 0 heterocycles. The highest BCUT2D eigenvalue weighted by atomic mass is 79.9. The van der Waals surface area contributed by atoms with Crippen molar-refractivity contribution in [3.05, 3.63) is 40.9 Å². The quantitative estimate of drug-likeness (QED) is 0.612. The molecular formula is C18H22BrNO3. The lowest BCUT2D eigenvalue weighted by Gasteiger charge is -2.27. The third-order valence-electron chi connectivity index (χ3n) is 4.06. The second-order valence-electron chi connectivity index (χ2n) is 5.81. The third kappa shape index (κ3) is 4.93. The minimum Gasteiger partial charge on any atom is -0.462 e. The van der Waals surface area contributed by atoms with E-state index in [1.807, 2.05) is 50.3 Å². The maximum atomic E-state index is 12.6. The summed E-state index contributed by atoms with van der Waals surface area (Å²) >= 11 is 3.38. The fraction of sp³-hybridized carbons (Fsp3) is 0.444. The van der Waals surface area contributed by atoms with Crippen molar-refractivity contribution < 1.29 is 14.3 Å². The molecule has 0 saturated heterocycles. The minimum atomic E-state index is -0.416. The van der Waals surface area contributed by atoms with Crippen LogP contribution in [0.1, 0.15) is 33.1 Å². The number of amides is 1. The van der Waals surface area contributed by atoms with Gasteiger partial charge in [0, 0.05) is 10.2 Å². The van der Waals surface area contributed by atoms with Crippen LogP contribution in [0.15, 0.2) is 40.9 Å². The van der Waals surface area contributed by atoms with E-state index in [-0.39, 0.29) is 18.0 Å². The van der Waals surface area contributed by atoms with Crippen LogP contribution in [0.5, 0.6) is 0 Å². The summed E-state index contributed by atoms with van der Waals surface area (Å²) in [5.41, 5.74) is 0.716. The summed E-state index contributed by atoms with van der Waals surface area (Å²) in [4.78, 5) is 24.9. The molecular weight excluding hydrogens is 358 g/mol. The van der Waals surface area contributed by atoms with Gasteiger partial charge in [-0.05, 0) is 44.4 Å². The summed E-state index contributed by atoms with van der Waals surface area (Å²) in [6.45, 7) is 3.84. The van der Waals surface area contributed by atoms with E-state index in [1.54, 1.807) is 0 Å². The number of carbonyl (C=O) groups is 2. The fourth-order valence-corrected chi connectivity index (χ4v) is 2.93. The Morgan fingerprint density at radius 2 is 2.00 bits per heavy atom. The monoisotopic (exact) mass is 379 g/mol. The zero-order chi connectivity index (χ0) is 16.8. The molecule has 1 amide bonds. The number of ether oxygens (including phenoxy) is 1. The van der Waals surface area contributed by atoms with E-state index >= 15 is 0 Å². The van der Waals surface area contributed by atoms with Crippen molar-refractivity contribution in [1.29, 1.82) is 0 Å². The molecule has 3 unspecified atom stereocenters. The normalized spacial score (nSPS) is 21.5. The summed E-state index contributed by atoms with van der Waals surface area (Å²) in [7, 11) is 0. The number of hydrogen-bond acceptors (Lipinski definition) is 3. The number of nitrogens with one attached hydrogen (secondary N) is 1. The first-order valence-corrected chi connectivity index (χ1v) is 8.72. The molecule has 0 fully saturated rings. The van der Waals surface area contributed by atoms with E-state index in [0.717, 1.165) is 10.9 Å². The largest absolute Gasteiger partial charge is 0.462 e. The second-order valence-corrected chi connectivity index (χ2v) is 6.73. The Bertz CT molecular complexity index is 600. The Hall–Kier alpha value is -1.62. The van der Waals surface area contributed by atoms with Crippen molar-refractivity contribution in [2.45, 2.75) is 39.2 Å². The van der Waals surface area contributed by atoms with Crippen LogP contribution < -0.4 is 5.32 Å². The van der Waals surface area contributed by atoms with E-state index in [4.69, 9.17) is 4.74 Å². The average molecular weight is 380 g/mol. The van der Waals surface area contributed by atoms with Crippen molar-refractivity contribution in [3.63, 3.8) is 0 Å². The van der Waals surface area contributed by atoms with E-state index in [9.17, 15) is 9.59 Å². The van der Waals surface area contributed by atoms with Gasteiger partial charge >= 0.3 is 5.97 Å². The molecule has 0 saturated carbocycles. The van der Waals surface area contributed by atoms with Crippen LogP contribution in [0.25, 0.3) is 0 Å². The van der Waals surface area contributed by atoms with E-state index in [0.29, 0.717) is 18.5 Å². The Kier molecular flexibility index (Phi) is 6.39. The van der Waals surface area contributed by atoms with Gasteiger partial charge in [-0.15, -0.1) is 0 Å². The molecule has 124 valence electrons.